The van der Waals surface area contributed by atoms with Crippen molar-refractivity contribution in [1.82, 2.24) is 0 Å². The van der Waals surface area contributed by atoms with Crippen LogP contribution in [0.5, 0.6) is 23.0 Å². The molecule has 1 N–H and O–H groups in total. The molecule has 20 heavy (non-hydrogen) atoms. The van der Waals surface area contributed by atoms with Crippen molar-refractivity contribution in [1.29, 1.82) is 0 Å². The number of benzene rings is 2. The van der Waals surface area contributed by atoms with Gasteiger partial charge in [0.2, 0.25) is 0 Å². The molecule has 0 amide bonds. The summed E-state index contributed by atoms with van der Waals surface area (Å²) >= 11 is 0. The van der Waals surface area contributed by atoms with Gasteiger partial charge in [-0.15, -0.1) is 0 Å². The van der Waals surface area contributed by atoms with Crippen molar-refractivity contribution < 1.29 is 19.3 Å². The van der Waals surface area contributed by atoms with Crippen molar-refractivity contribution in [3.63, 3.8) is 0 Å². The highest BCUT2D eigenvalue weighted by molar-refractivity contribution is 5.52. The van der Waals surface area contributed by atoms with Gasteiger partial charge in [0, 0.05) is 23.3 Å². The minimum atomic E-state index is -0.0542. The number of ether oxygens (including phenoxy) is 3. The molecule has 4 heteroatoms. The maximum absolute atomic E-state index is 9.57. The summed E-state index contributed by atoms with van der Waals surface area (Å²) in [5.74, 6) is 2.72. The molecule has 2 heterocycles. The van der Waals surface area contributed by atoms with E-state index < -0.39 is 0 Å². The third-order valence-corrected chi connectivity index (χ3v) is 3.96. The van der Waals surface area contributed by atoms with Crippen molar-refractivity contribution in [3.05, 3.63) is 47.5 Å². The summed E-state index contributed by atoms with van der Waals surface area (Å²) in [7, 11) is 1.64. The summed E-state index contributed by atoms with van der Waals surface area (Å²) in [5.41, 5.74) is 2.12. The van der Waals surface area contributed by atoms with Gasteiger partial charge in [0.05, 0.1) is 19.6 Å². The normalized spacial score (nSPS) is 22.1. The Labute approximate surface area is 116 Å². The van der Waals surface area contributed by atoms with E-state index in [9.17, 15) is 5.11 Å². The molecule has 0 saturated heterocycles. The van der Waals surface area contributed by atoms with E-state index in [2.05, 4.69) is 0 Å². The van der Waals surface area contributed by atoms with Gasteiger partial charge < -0.3 is 19.3 Å². The van der Waals surface area contributed by atoms with E-state index in [-0.39, 0.29) is 17.8 Å². The van der Waals surface area contributed by atoms with Crippen molar-refractivity contribution in [2.75, 3.05) is 13.7 Å². The fourth-order valence-corrected chi connectivity index (χ4v) is 2.95. The van der Waals surface area contributed by atoms with E-state index in [1.807, 2.05) is 24.3 Å². The number of hydrogen-bond donors (Lipinski definition) is 1. The minimum Gasteiger partial charge on any atom is -0.508 e. The molecule has 4 rings (SSSR count). The molecule has 0 radical (unpaired) electrons. The summed E-state index contributed by atoms with van der Waals surface area (Å²) in [4.78, 5) is 0. The number of phenols is 1. The summed E-state index contributed by atoms with van der Waals surface area (Å²) < 4.78 is 17.1. The van der Waals surface area contributed by atoms with Gasteiger partial charge in [0.1, 0.15) is 29.1 Å². The maximum Gasteiger partial charge on any atom is 0.138 e. The van der Waals surface area contributed by atoms with E-state index in [1.165, 1.54) is 0 Å². The van der Waals surface area contributed by atoms with E-state index >= 15 is 0 Å². The first kappa shape index (κ1) is 11.5. The summed E-state index contributed by atoms with van der Waals surface area (Å²) in [6, 6.07) is 11.0. The highest BCUT2D eigenvalue weighted by Crippen LogP contribution is 2.51. The van der Waals surface area contributed by atoms with Crippen LogP contribution in [0.15, 0.2) is 36.4 Å². The Kier molecular flexibility index (Phi) is 2.33. The SMILES string of the molecule is COc1ccc2c(c1)OC[C@H]1c3ccc(O)cc3O[C@@H]21. The molecule has 0 fully saturated rings. The lowest BCUT2D eigenvalue weighted by Gasteiger charge is -2.28. The molecular weight excluding hydrogens is 256 g/mol. The lowest BCUT2D eigenvalue weighted by atomic mass is 9.89. The quantitative estimate of drug-likeness (QED) is 0.865. The van der Waals surface area contributed by atoms with E-state index in [0.717, 1.165) is 28.4 Å². The molecule has 2 aliphatic heterocycles. The number of fused-ring (bicyclic) bond motifs is 5. The monoisotopic (exact) mass is 270 g/mol. The second-order valence-electron chi connectivity index (χ2n) is 5.08. The first-order valence-electron chi connectivity index (χ1n) is 6.56. The van der Waals surface area contributed by atoms with Gasteiger partial charge in [-0.05, 0) is 18.2 Å². The zero-order valence-corrected chi connectivity index (χ0v) is 11.0. The van der Waals surface area contributed by atoms with Gasteiger partial charge in [-0.25, -0.2) is 0 Å². The third-order valence-electron chi connectivity index (χ3n) is 3.96. The van der Waals surface area contributed by atoms with Crippen LogP contribution in [0.1, 0.15) is 23.1 Å². The van der Waals surface area contributed by atoms with Crippen LogP contribution in [0.2, 0.25) is 0 Å². The van der Waals surface area contributed by atoms with Crippen LogP contribution in [0, 0.1) is 0 Å². The van der Waals surface area contributed by atoms with Crippen LogP contribution < -0.4 is 14.2 Å². The van der Waals surface area contributed by atoms with Crippen LogP contribution in [0.3, 0.4) is 0 Å². The van der Waals surface area contributed by atoms with Crippen molar-refractivity contribution in [3.8, 4) is 23.0 Å². The number of rotatable bonds is 1. The van der Waals surface area contributed by atoms with Gasteiger partial charge in [0.15, 0.2) is 0 Å². The van der Waals surface area contributed by atoms with Crippen LogP contribution in [-0.2, 0) is 0 Å². The van der Waals surface area contributed by atoms with Gasteiger partial charge in [-0.3, -0.25) is 0 Å². The molecule has 2 aromatic carbocycles. The summed E-state index contributed by atoms with van der Waals surface area (Å²) in [6.45, 7) is 0.572. The second-order valence-corrected chi connectivity index (χ2v) is 5.08. The molecule has 102 valence electrons. The fourth-order valence-electron chi connectivity index (χ4n) is 2.95. The number of hydrogen-bond acceptors (Lipinski definition) is 4. The Morgan fingerprint density at radius 3 is 2.80 bits per heavy atom. The molecule has 2 aliphatic rings. The highest BCUT2D eigenvalue weighted by atomic mass is 16.5. The van der Waals surface area contributed by atoms with Crippen molar-refractivity contribution in [2.24, 2.45) is 0 Å². The van der Waals surface area contributed by atoms with Crippen molar-refractivity contribution in [2.45, 2.75) is 12.0 Å². The van der Waals surface area contributed by atoms with Gasteiger partial charge in [-0.2, -0.15) is 0 Å². The van der Waals surface area contributed by atoms with Crippen LogP contribution >= 0.6 is 0 Å². The topological polar surface area (TPSA) is 47.9 Å². The zero-order chi connectivity index (χ0) is 13.7. The van der Waals surface area contributed by atoms with Crippen LogP contribution in [0.4, 0.5) is 0 Å². The van der Waals surface area contributed by atoms with Crippen LogP contribution in [-0.4, -0.2) is 18.8 Å². The average molecular weight is 270 g/mol. The lowest BCUT2D eigenvalue weighted by molar-refractivity contribution is 0.139. The second kappa shape index (κ2) is 4.07. The molecule has 0 bridgehead atoms. The number of phenolic OH excluding ortho intramolecular Hbond substituents is 1. The Morgan fingerprint density at radius 2 is 1.95 bits per heavy atom. The largest absolute Gasteiger partial charge is 0.508 e. The fraction of sp³-hybridized carbons (Fsp3) is 0.250. The van der Waals surface area contributed by atoms with Gasteiger partial charge in [-0.1, -0.05) is 6.07 Å². The first-order chi connectivity index (χ1) is 9.76. The molecule has 2 aromatic rings. The summed E-state index contributed by atoms with van der Waals surface area (Å²) in [6.07, 6.45) is -0.0542. The molecule has 0 aromatic heterocycles. The predicted octanol–water partition coefficient (Wildman–Crippen LogP) is 3.01. The standard InChI is InChI=1S/C16H14O4/c1-18-10-3-5-12-14(7-10)19-8-13-11-4-2-9(17)6-15(11)20-16(12)13/h2-7,13,16-17H,8H2,1H3/t13-,16-/m0/s1. The lowest BCUT2D eigenvalue weighted by Crippen LogP contribution is -2.23. The number of aromatic hydroxyl groups is 1. The van der Waals surface area contributed by atoms with Gasteiger partial charge in [0.25, 0.3) is 0 Å². The Bertz CT molecular complexity index is 680. The molecule has 0 aliphatic carbocycles. The summed E-state index contributed by atoms with van der Waals surface area (Å²) in [5, 5.41) is 9.57. The number of methoxy groups -OCH3 is 1. The van der Waals surface area contributed by atoms with Crippen molar-refractivity contribution >= 4 is 0 Å². The zero-order valence-electron chi connectivity index (χ0n) is 11.0. The third kappa shape index (κ3) is 1.54. The molecule has 0 spiro atoms. The molecule has 2 atom stereocenters. The Hall–Kier alpha value is -2.36. The van der Waals surface area contributed by atoms with Gasteiger partial charge >= 0.3 is 0 Å². The molecular formula is C16H14O4. The molecule has 4 nitrogen and oxygen atoms in total. The Balaban J connectivity index is 1.77. The predicted molar refractivity (Wildman–Crippen MR) is 72.7 cm³/mol. The smallest absolute Gasteiger partial charge is 0.138 e. The van der Waals surface area contributed by atoms with Crippen LogP contribution in [0.25, 0.3) is 0 Å². The minimum absolute atomic E-state index is 0.0542. The van der Waals surface area contributed by atoms with E-state index in [0.29, 0.717) is 6.61 Å². The van der Waals surface area contributed by atoms with E-state index in [1.54, 1.807) is 19.2 Å². The maximum atomic E-state index is 9.57. The van der Waals surface area contributed by atoms with E-state index in [4.69, 9.17) is 14.2 Å². The Morgan fingerprint density at radius 1 is 1.10 bits per heavy atom. The molecule has 0 saturated carbocycles. The average Bonchev–Trinajstić information content (AvgIpc) is 2.84. The first-order valence-corrected chi connectivity index (χ1v) is 6.56. The molecule has 0 unspecified atom stereocenters. The highest BCUT2D eigenvalue weighted by Gasteiger charge is 2.40.